The van der Waals surface area contributed by atoms with Crippen LogP contribution in [-0.4, -0.2) is 37.0 Å². The number of hydrogen-bond donors (Lipinski definition) is 2. The topological polar surface area (TPSA) is 97.5 Å². The zero-order valence-electron chi connectivity index (χ0n) is 10.9. The van der Waals surface area contributed by atoms with E-state index >= 15 is 0 Å². The molecule has 5 nitrogen and oxygen atoms in total. The average Bonchev–Trinajstić information content (AvgIpc) is 3.10. The molecule has 0 amide bonds. The van der Waals surface area contributed by atoms with Crippen molar-refractivity contribution < 1.29 is 18.3 Å². The first kappa shape index (κ1) is 15.3. The molecule has 1 aliphatic rings. The molecule has 1 fully saturated rings. The Labute approximate surface area is 122 Å². The van der Waals surface area contributed by atoms with Gasteiger partial charge in [-0.3, -0.25) is 4.79 Å². The molecule has 3 N–H and O–H groups in total. The highest BCUT2D eigenvalue weighted by Gasteiger charge is 2.74. The Morgan fingerprint density at radius 3 is 2.60 bits per heavy atom. The Hall–Kier alpha value is -1.11. The second kappa shape index (κ2) is 5.02. The minimum absolute atomic E-state index is 0.107. The highest BCUT2D eigenvalue weighted by atomic mass is 35.5. The van der Waals surface area contributed by atoms with Crippen LogP contribution in [-0.2, 0) is 14.6 Å². The molecule has 0 spiro atoms. The molecule has 3 atom stereocenters. The number of benzene rings is 1. The van der Waals surface area contributed by atoms with Crippen LogP contribution in [0.3, 0.4) is 0 Å². The Bertz CT molecular complexity index is 646. The number of carboxylic acids is 1. The van der Waals surface area contributed by atoms with Crippen LogP contribution >= 0.6 is 11.6 Å². The first-order valence-electron chi connectivity index (χ1n) is 6.21. The van der Waals surface area contributed by atoms with Gasteiger partial charge in [-0.05, 0) is 17.7 Å². The summed E-state index contributed by atoms with van der Waals surface area (Å²) in [7, 11) is -3.50. The van der Waals surface area contributed by atoms with Crippen molar-refractivity contribution in [3.63, 3.8) is 0 Å². The summed E-state index contributed by atoms with van der Waals surface area (Å²) >= 11 is 5.90. The molecule has 0 aromatic heterocycles. The van der Waals surface area contributed by atoms with Crippen LogP contribution in [0.4, 0.5) is 0 Å². The normalized spacial score (nSPS) is 29.1. The summed E-state index contributed by atoms with van der Waals surface area (Å²) in [6.07, 6.45) is 0. The summed E-state index contributed by atoms with van der Waals surface area (Å²) in [5.41, 5.74) is 4.76. The van der Waals surface area contributed by atoms with Gasteiger partial charge in [0, 0.05) is 23.2 Å². The third-order valence-electron chi connectivity index (χ3n) is 3.99. The largest absolute Gasteiger partial charge is 0.481 e. The molecule has 20 heavy (non-hydrogen) atoms. The molecular weight excluding hydrogens is 302 g/mol. The monoisotopic (exact) mass is 317 g/mol. The van der Waals surface area contributed by atoms with E-state index in [1.165, 1.54) is 6.92 Å². The fourth-order valence-electron chi connectivity index (χ4n) is 2.87. The van der Waals surface area contributed by atoms with Crippen LogP contribution < -0.4 is 5.73 Å². The number of sulfone groups is 1. The molecule has 1 saturated carbocycles. The molecule has 7 heteroatoms. The number of carboxylic acid groups (broad SMARTS) is 1. The van der Waals surface area contributed by atoms with Gasteiger partial charge in [-0.1, -0.05) is 30.7 Å². The number of rotatable bonds is 5. The van der Waals surface area contributed by atoms with E-state index in [2.05, 4.69) is 0 Å². The summed E-state index contributed by atoms with van der Waals surface area (Å²) < 4.78 is 24.3. The predicted octanol–water partition coefficient (Wildman–Crippen LogP) is 1.27. The van der Waals surface area contributed by atoms with E-state index in [-0.39, 0.29) is 12.3 Å². The van der Waals surface area contributed by atoms with E-state index in [0.29, 0.717) is 10.6 Å². The zero-order chi connectivity index (χ0) is 15.1. The summed E-state index contributed by atoms with van der Waals surface area (Å²) in [4.78, 5) is 11.6. The highest BCUT2D eigenvalue weighted by Crippen LogP contribution is 2.62. The maximum atomic E-state index is 12.2. The molecule has 0 saturated heterocycles. The van der Waals surface area contributed by atoms with E-state index < -0.39 is 32.4 Å². The third kappa shape index (κ3) is 2.12. The average molecular weight is 318 g/mol. The van der Waals surface area contributed by atoms with E-state index in [9.17, 15) is 18.3 Å². The maximum Gasteiger partial charge on any atom is 0.312 e. The van der Waals surface area contributed by atoms with E-state index in [1.807, 2.05) is 0 Å². The van der Waals surface area contributed by atoms with Gasteiger partial charge in [-0.15, -0.1) is 0 Å². The molecule has 2 rings (SSSR count). The molecule has 1 aromatic rings. The summed E-state index contributed by atoms with van der Waals surface area (Å²) in [5.74, 6) is -1.93. The Morgan fingerprint density at radius 2 is 2.15 bits per heavy atom. The van der Waals surface area contributed by atoms with Gasteiger partial charge in [-0.25, -0.2) is 8.42 Å². The lowest BCUT2D eigenvalue weighted by Gasteiger charge is -2.09. The maximum absolute atomic E-state index is 12.2. The second-order valence-electron chi connectivity index (χ2n) is 4.95. The van der Waals surface area contributed by atoms with Crippen LogP contribution in [0.2, 0.25) is 5.02 Å². The van der Waals surface area contributed by atoms with Crippen molar-refractivity contribution in [1.82, 2.24) is 0 Å². The lowest BCUT2D eigenvalue weighted by atomic mass is 9.99. The molecule has 0 heterocycles. The van der Waals surface area contributed by atoms with Gasteiger partial charge in [-0.2, -0.15) is 0 Å². The van der Waals surface area contributed by atoms with Crippen molar-refractivity contribution in [3.8, 4) is 0 Å². The standard InChI is InChI=1S/C13H16ClNO4S/c1-2-20(18,19)11-10(13(11,7-15)12(16)17)8-4-3-5-9(14)6-8/h3-6,10-11H,2,7,15H2,1H3,(H,16,17)/t10-,11-,13+/m1/s1. The molecule has 110 valence electrons. The van der Waals surface area contributed by atoms with Crippen LogP contribution in [0, 0.1) is 5.41 Å². The first-order valence-corrected chi connectivity index (χ1v) is 8.31. The van der Waals surface area contributed by atoms with Crippen LogP contribution in [0.25, 0.3) is 0 Å². The number of halogens is 1. The predicted molar refractivity (Wildman–Crippen MR) is 76.6 cm³/mol. The lowest BCUT2D eigenvalue weighted by Crippen LogP contribution is -2.32. The second-order valence-corrected chi connectivity index (χ2v) is 7.80. The summed E-state index contributed by atoms with van der Waals surface area (Å²) in [6, 6.07) is 6.62. The first-order chi connectivity index (χ1) is 9.31. The molecule has 0 aliphatic heterocycles. The van der Waals surface area contributed by atoms with Crippen molar-refractivity contribution >= 4 is 27.4 Å². The molecule has 0 unspecified atom stereocenters. The van der Waals surface area contributed by atoms with Gasteiger partial charge in [0.2, 0.25) is 0 Å². The van der Waals surface area contributed by atoms with Gasteiger partial charge in [0.25, 0.3) is 0 Å². The molecular formula is C13H16ClNO4S. The van der Waals surface area contributed by atoms with Gasteiger partial charge in [0.05, 0.1) is 5.25 Å². The Kier molecular flexibility index (Phi) is 3.83. The molecule has 1 aromatic carbocycles. The highest BCUT2D eigenvalue weighted by molar-refractivity contribution is 7.92. The van der Waals surface area contributed by atoms with Gasteiger partial charge in [0.15, 0.2) is 9.84 Å². The zero-order valence-corrected chi connectivity index (χ0v) is 12.5. The van der Waals surface area contributed by atoms with Gasteiger partial charge < -0.3 is 10.8 Å². The molecule has 0 bridgehead atoms. The minimum Gasteiger partial charge on any atom is -0.481 e. The SMILES string of the molecule is CCS(=O)(=O)[C@@H]1[C@@H](c2cccc(Cl)c2)[C@]1(CN)C(=O)O. The Morgan fingerprint density at radius 1 is 1.50 bits per heavy atom. The minimum atomic E-state index is -3.50. The fourth-order valence-corrected chi connectivity index (χ4v) is 5.15. The summed E-state index contributed by atoms with van der Waals surface area (Å²) in [5, 5.41) is 8.91. The fraction of sp³-hybridized carbons (Fsp3) is 0.462. The number of nitrogens with two attached hydrogens (primary N) is 1. The van der Waals surface area contributed by atoms with Crippen molar-refractivity contribution in [2.75, 3.05) is 12.3 Å². The van der Waals surface area contributed by atoms with Crippen molar-refractivity contribution in [2.24, 2.45) is 11.1 Å². The van der Waals surface area contributed by atoms with E-state index in [4.69, 9.17) is 17.3 Å². The van der Waals surface area contributed by atoms with Crippen molar-refractivity contribution in [2.45, 2.75) is 18.1 Å². The van der Waals surface area contributed by atoms with Crippen molar-refractivity contribution in [1.29, 1.82) is 0 Å². The number of aliphatic carboxylic acids is 1. The van der Waals surface area contributed by atoms with Gasteiger partial charge >= 0.3 is 5.97 Å². The lowest BCUT2D eigenvalue weighted by molar-refractivity contribution is -0.143. The number of carbonyl (C=O) groups is 1. The van der Waals surface area contributed by atoms with Gasteiger partial charge in [0.1, 0.15) is 5.41 Å². The van der Waals surface area contributed by atoms with Crippen molar-refractivity contribution in [3.05, 3.63) is 34.9 Å². The van der Waals surface area contributed by atoms with E-state index in [0.717, 1.165) is 0 Å². The molecule has 0 radical (unpaired) electrons. The van der Waals surface area contributed by atoms with E-state index in [1.54, 1.807) is 24.3 Å². The third-order valence-corrected chi connectivity index (χ3v) is 6.50. The summed E-state index contributed by atoms with van der Waals surface area (Å²) in [6.45, 7) is 1.29. The van der Waals surface area contributed by atoms with Crippen LogP contribution in [0.1, 0.15) is 18.4 Å². The van der Waals surface area contributed by atoms with Crippen LogP contribution in [0.5, 0.6) is 0 Å². The van der Waals surface area contributed by atoms with Crippen LogP contribution in [0.15, 0.2) is 24.3 Å². The number of hydrogen-bond acceptors (Lipinski definition) is 4. The molecule has 1 aliphatic carbocycles. The smallest absolute Gasteiger partial charge is 0.312 e. The Balaban J connectivity index is 2.54. The quantitative estimate of drug-likeness (QED) is 0.852.